The number of hydrogen-bond acceptors (Lipinski definition) is 4. The summed E-state index contributed by atoms with van der Waals surface area (Å²) in [4.78, 5) is 12.7. The maximum absolute atomic E-state index is 12.7. The van der Waals surface area contributed by atoms with E-state index in [2.05, 4.69) is 18.9 Å². The van der Waals surface area contributed by atoms with E-state index in [0.717, 1.165) is 18.6 Å². The lowest BCUT2D eigenvalue weighted by molar-refractivity contribution is -0.120. The Balaban J connectivity index is 2.34. The topological polar surface area (TPSA) is 67.9 Å². The molecule has 0 aliphatic carbocycles. The minimum absolute atomic E-state index is 0.0108. The molecular weight excluding hydrogens is 266 g/mol. The molecule has 0 bridgehead atoms. The summed E-state index contributed by atoms with van der Waals surface area (Å²) in [5, 5.41) is 6.04. The van der Waals surface area contributed by atoms with E-state index >= 15 is 0 Å². The predicted octanol–water partition coefficient (Wildman–Crippen LogP) is 2.41. The van der Waals surface area contributed by atoms with Gasteiger partial charge in [0, 0.05) is 0 Å². The maximum atomic E-state index is 12.7. The van der Waals surface area contributed by atoms with Crippen molar-refractivity contribution in [3.63, 3.8) is 0 Å². The highest BCUT2D eigenvalue weighted by Crippen LogP contribution is 2.34. The monoisotopic (exact) mass is 289 g/mol. The SMILES string of the molecule is COc1ccccc1N1N=C(C(C)C)C(CCCN)C1=O. The van der Waals surface area contributed by atoms with E-state index in [1.54, 1.807) is 7.11 Å². The molecule has 1 aromatic carbocycles. The number of carbonyl (C=O) groups excluding carboxylic acids is 1. The Morgan fingerprint density at radius 3 is 2.71 bits per heavy atom. The number of hydrazone groups is 1. The van der Waals surface area contributed by atoms with Gasteiger partial charge in [-0.05, 0) is 37.4 Å². The van der Waals surface area contributed by atoms with Crippen molar-refractivity contribution >= 4 is 17.3 Å². The molecule has 0 aromatic heterocycles. The molecule has 0 saturated heterocycles. The third kappa shape index (κ3) is 3.08. The molecule has 1 aromatic rings. The van der Waals surface area contributed by atoms with Crippen molar-refractivity contribution < 1.29 is 9.53 Å². The largest absolute Gasteiger partial charge is 0.494 e. The van der Waals surface area contributed by atoms with Crippen LogP contribution in [0, 0.1) is 11.8 Å². The van der Waals surface area contributed by atoms with Crippen molar-refractivity contribution in [3.05, 3.63) is 24.3 Å². The van der Waals surface area contributed by atoms with Gasteiger partial charge in [-0.2, -0.15) is 10.1 Å². The summed E-state index contributed by atoms with van der Waals surface area (Å²) >= 11 is 0. The van der Waals surface area contributed by atoms with Gasteiger partial charge in [0.2, 0.25) is 0 Å². The van der Waals surface area contributed by atoms with Crippen LogP contribution in [-0.2, 0) is 4.79 Å². The third-order valence-corrected chi connectivity index (χ3v) is 3.68. The summed E-state index contributed by atoms with van der Waals surface area (Å²) in [7, 11) is 1.60. The minimum Gasteiger partial charge on any atom is -0.494 e. The molecule has 1 amide bonds. The molecule has 21 heavy (non-hydrogen) atoms. The fourth-order valence-corrected chi connectivity index (χ4v) is 2.60. The molecule has 1 heterocycles. The summed E-state index contributed by atoms with van der Waals surface area (Å²) < 4.78 is 5.34. The van der Waals surface area contributed by atoms with E-state index in [0.29, 0.717) is 18.0 Å². The van der Waals surface area contributed by atoms with E-state index in [-0.39, 0.29) is 17.7 Å². The van der Waals surface area contributed by atoms with E-state index < -0.39 is 0 Å². The van der Waals surface area contributed by atoms with Crippen LogP contribution in [0.25, 0.3) is 0 Å². The number of rotatable bonds is 6. The first-order valence-corrected chi connectivity index (χ1v) is 7.35. The number of nitrogens with two attached hydrogens (primary N) is 1. The molecule has 0 saturated carbocycles. The van der Waals surface area contributed by atoms with Gasteiger partial charge in [0.1, 0.15) is 11.4 Å². The highest BCUT2D eigenvalue weighted by Gasteiger charge is 2.38. The van der Waals surface area contributed by atoms with E-state index in [4.69, 9.17) is 10.5 Å². The van der Waals surface area contributed by atoms with Gasteiger partial charge < -0.3 is 10.5 Å². The van der Waals surface area contributed by atoms with Crippen LogP contribution >= 0.6 is 0 Å². The second kappa shape index (κ2) is 6.72. The highest BCUT2D eigenvalue weighted by molar-refractivity contribution is 6.16. The number of anilines is 1. The Labute approximate surface area is 125 Å². The Kier molecular flexibility index (Phi) is 4.96. The van der Waals surface area contributed by atoms with Crippen LogP contribution in [0.3, 0.4) is 0 Å². The first-order valence-electron chi connectivity index (χ1n) is 7.35. The number of nitrogens with zero attached hydrogens (tertiary/aromatic N) is 2. The van der Waals surface area contributed by atoms with Crippen molar-refractivity contribution in [3.8, 4) is 5.75 Å². The fourth-order valence-electron chi connectivity index (χ4n) is 2.60. The second-order valence-electron chi connectivity index (χ2n) is 5.48. The fraction of sp³-hybridized carbons (Fsp3) is 0.500. The molecule has 1 unspecified atom stereocenters. The summed E-state index contributed by atoms with van der Waals surface area (Å²) in [5.41, 5.74) is 7.20. The van der Waals surface area contributed by atoms with Gasteiger partial charge in [-0.25, -0.2) is 0 Å². The van der Waals surface area contributed by atoms with E-state index in [9.17, 15) is 4.79 Å². The van der Waals surface area contributed by atoms with Gasteiger partial charge in [-0.1, -0.05) is 26.0 Å². The van der Waals surface area contributed by atoms with Crippen LogP contribution < -0.4 is 15.5 Å². The van der Waals surface area contributed by atoms with Crippen LogP contribution in [0.1, 0.15) is 26.7 Å². The summed E-state index contributed by atoms with van der Waals surface area (Å²) in [6.07, 6.45) is 1.57. The molecule has 0 spiro atoms. The van der Waals surface area contributed by atoms with E-state index in [1.807, 2.05) is 24.3 Å². The van der Waals surface area contributed by atoms with Gasteiger partial charge in [0.25, 0.3) is 5.91 Å². The molecule has 0 radical (unpaired) electrons. The zero-order valence-corrected chi connectivity index (χ0v) is 12.9. The summed E-state index contributed by atoms with van der Waals surface area (Å²) in [6.45, 7) is 4.71. The average Bonchev–Trinajstić information content (AvgIpc) is 2.82. The molecule has 1 aliphatic heterocycles. The molecule has 2 N–H and O–H groups in total. The zero-order chi connectivity index (χ0) is 15.4. The quantitative estimate of drug-likeness (QED) is 0.874. The van der Waals surface area contributed by atoms with Gasteiger partial charge in [-0.3, -0.25) is 4.79 Å². The summed E-state index contributed by atoms with van der Waals surface area (Å²) in [6, 6.07) is 7.44. The number of ether oxygens (including phenoxy) is 1. The normalized spacial score (nSPS) is 18.3. The van der Waals surface area contributed by atoms with Crippen LogP contribution in [0.5, 0.6) is 5.75 Å². The molecule has 5 nitrogen and oxygen atoms in total. The molecule has 1 atom stereocenters. The first kappa shape index (κ1) is 15.5. The van der Waals surface area contributed by atoms with Crippen LogP contribution in [0.4, 0.5) is 5.69 Å². The Hall–Kier alpha value is -1.88. The van der Waals surface area contributed by atoms with E-state index in [1.165, 1.54) is 5.01 Å². The predicted molar refractivity (Wildman–Crippen MR) is 84.5 cm³/mol. The summed E-state index contributed by atoms with van der Waals surface area (Å²) in [5.74, 6) is 0.726. The number of methoxy groups -OCH3 is 1. The van der Waals surface area contributed by atoms with Crippen LogP contribution in [0.15, 0.2) is 29.4 Å². The second-order valence-corrected chi connectivity index (χ2v) is 5.48. The van der Waals surface area contributed by atoms with Crippen molar-refractivity contribution in [1.82, 2.24) is 0 Å². The number of benzene rings is 1. The molecule has 114 valence electrons. The van der Waals surface area contributed by atoms with Gasteiger partial charge in [0.15, 0.2) is 0 Å². The molecule has 1 aliphatic rings. The smallest absolute Gasteiger partial charge is 0.256 e. The van der Waals surface area contributed by atoms with Crippen LogP contribution in [0.2, 0.25) is 0 Å². The Morgan fingerprint density at radius 1 is 1.38 bits per heavy atom. The number of amides is 1. The lowest BCUT2D eigenvalue weighted by Gasteiger charge is -2.17. The van der Waals surface area contributed by atoms with Gasteiger partial charge in [0.05, 0.1) is 18.7 Å². The van der Waals surface area contributed by atoms with Gasteiger partial charge >= 0.3 is 0 Å². The standard InChI is InChI=1S/C16H23N3O2/c1-11(2)15-12(7-6-10-17)16(20)19(18-15)13-8-4-5-9-14(13)21-3/h4-5,8-9,11-12H,6-7,10,17H2,1-3H3. The van der Waals surface area contributed by atoms with Crippen molar-refractivity contribution in [2.24, 2.45) is 22.7 Å². The lowest BCUT2D eigenvalue weighted by Crippen LogP contribution is -2.29. The number of carbonyl (C=O) groups is 1. The zero-order valence-electron chi connectivity index (χ0n) is 12.9. The molecule has 5 heteroatoms. The molecule has 2 rings (SSSR count). The first-order chi connectivity index (χ1) is 10.1. The molecular formula is C16H23N3O2. The third-order valence-electron chi connectivity index (χ3n) is 3.68. The highest BCUT2D eigenvalue weighted by atomic mass is 16.5. The van der Waals surface area contributed by atoms with Crippen molar-refractivity contribution in [2.75, 3.05) is 18.7 Å². The maximum Gasteiger partial charge on any atom is 0.256 e. The lowest BCUT2D eigenvalue weighted by atomic mass is 9.90. The van der Waals surface area contributed by atoms with Gasteiger partial charge in [-0.15, -0.1) is 0 Å². The Bertz CT molecular complexity index is 540. The minimum atomic E-state index is -0.168. The Morgan fingerprint density at radius 2 is 2.10 bits per heavy atom. The average molecular weight is 289 g/mol. The van der Waals surface area contributed by atoms with Crippen molar-refractivity contribution in [2.45, 2.75) is 26.7 Å². The number of para-hydroxylation sites is 2. The number of hydrogen-bond donors (Lipinski definition) is 1. The van der Waals surface area contributed by atoms with Crippen molar-refractivity contribution in [1.29, 1.82) is 0 Å². The van der Waals surface area contributed by atoms with Crippen LogP contribution in [-0.4, -0.2) is 25.3 Å². The molecule has 0 fully saturated rings.